The second-order valence-corrected chi connectivity index (χ2v) is 11.0. The minimum absolute atomic E-state index is 0.0680. The minimum atomic E-state index is -1.09. The molecule has 0 fully saturated rings. The lowest BCUT2D eigenvalue weighted by Crippen LogP contribution is -2.54. The molecule has 0 heterocycles. The summed E-state index contributed by atoms with van der Waals surface area (Å²) in [5, 5.41) is 15.0. The summed E-state index contributed by atoms with van der Waals surface area (Å²) in [6.45, 7) is 10.8. The molecule has 0 saturated carbocycles. The van der Waals surface area contributed by atoms with Crippen LogP contribution in [0.15, 0.2) is 42.5 Å². The van der Waals surface area contributed by atoms with E-state index in [1.165, 1.54) is 24.1 Å². The zero-order valence-electron chi connectivity index (χ0n) is 25.1. The molecule has 2 rings (SSSR count). The molecule has 2 atom stereocenters. The van der Waals surface area contributed by atoms with Gasteiger partial charge in [-0.15, -0.1) is 0 Å². The number of alkyl carbamates (subject to hydrolysis) is 1. The van der Waals surface area contributed by atoms with Gasteiger partial charge in [-0.25, -0.2) is 4.79 Å². The lowest BCUT2D eigenvalue weighted by atomic mass is 9.95. The van der Waals surface area contributed by atoms with Crippen molar-refractivity contribution in [2.24, 2.45) is 0 Å². The third kappa shape index (κ3) is 10.4. The molecule has 0 radical (unpaired) electrons. The van der Waals surface area contributed by atoms with Crippen LogP contribution in [0.3, 0.4) is 0 Å². The summed E-state index contributed by atoms with van der Waals surface area (Å²) < 4.78 is 10.1. The van der Waals surface area contributed by atoms with E-state index in [1.54, 1.807) is 39.0 Å². The van der Waals surface area contributed by atoms with Crippen molar-refractivity contribution in [3.05, 3.63) is 64.7 Å². The van der Waals surface area contributed by atoms with Crippen molar-refractivity contribution < 1.29 is 33.8 Å². The first-order valence-corrected chi connectivity index (χ1v) is 13.7. The number of hydrogen-bond acceptors (Lipinski definition) is 7. The highest BCUT2D eigenvalue weighted by atomic mass is 16.6. The third-order valence-electron chi connectivity index (χ3n) is 6.32. The Morgan fingerprint density at radius 3 is 2.24 bits per heavy atom. The Hall–Kier alpha value is -4.08. The molecule has 2 aromatic carbocycles. The number of carbonyl (C=O) groups is 4. The van der Waals surface area contributed by atoms with Gasteiger partial charge in [0.05, 0.1) is 7.11 Å². The van der Waals surface area contributed by atoms with Crippen LogP contribution in [0, 0.1) is 13.8 Å². The van der Waals surface area contributed by atoms with Crippen molar-refractivity contribution >= 4 is 23.9 Å². The lowest BCUT2D eigenvalue weighted by molar-refractivity contribution is -0.144. The van der Waals surface area contributed by atoms with Crippen molar-refractivity contribution in [2.45, 2.75) is 78.5 Å². The highest BCUT2D eigenvalue weighted by Crippen LogP contribution is 2.27. The second-order valence-electron chi connectivity index (χ2n) is 11.0. The monoisotopic (exact) mass is 569 g/mol. The van der Waals surface area contributed by atoms with E-state index >= 15 is 0 Å². The van der Waals surface area contributed by atoms with Gasteiger partial charge < -0.3 is 30.1 Å². The summed E-state index contributed by atoms with van der Waals surface area (Å²) >= 11 is 0. The molecule has 2 unspecified atom stereocenters. The number of nitrogens with zero attached hydrogens (tertiary/aromatic N) is 1. The summed E-state index contributed by atoms with van der Waals surface area (Å²) in [7, 11) is 1.23. The Labute approximate surface area is 242 Å². The van der Waals surface area contributed by atoms with Crippen molar-refractivity contribution in [1.82, 2.24) is 15.5 Å². The summed E-state index contributed by atoms with van der Waals surface area (Å²) in [5.74, 6) is -1.59. The van der Waals surface area contributed by atoms with Crippen molar-refractivity contribution in [3.8, 4) is 5.75 Å². The molecule has 2 aromatic rings. The van der Waals surface area contributed by atoms with Gasteiger partial charge in [-0.05, 0) is 69.9 Å². The molecule has 0 aliphatic heterocycles. The maximum atomic E-state index is 14.3. The summed E-state index contributed by atoms with van der Waals surface area (Å²) in [6, 6.07) is 9.73. The maximum absolute atomic E-state index is 14.3. The Morgan fingerprint density at radius 2 is 1.68 bits per heavy atom. The van der Waals surface area contributed by atoms with Gasteiger partial charge in [-0.2, -0.15) is 0 Å². The first-order chi connectivity index (χ1) is 19.2. The zero-order valence-corrected chi connectivity index (χ0v) is 25.1. The van der Waals surface area contributed by atoms with Crippen LogP contribution in [0.25, 0.3) is 0 Å². The number of benzene rings is 2. The Morgan fingerprint density at radius 1 is 1.02 bits per heavy atom. The first-order valence-electron chi connectivity index (χ1n) is 13.7. The van der Waals surface area contributed by atoms with Crippen LogP contribution in [-0.2, 0) is 30.3 Å². The normalized spacial score (nSPS) is 12.6. The predicted molar refractivity (Wildman–Crippen MR) is 155 cm³/mol. The van der Waals surface area contributed by atoms with Crippen LogP contribution >= 0.6 is 0 Å². The van der Waals surface area contributed by atoms with E-state index in [-0.39, 0.29) is 25.3 Å². The fourth-order valence-corrected chi connectivity index (χ4v) is 4.32. The molecule has 0 aliphatic carbocycles. The fraction of sp³-hybridized carbons (Fsp3) is 0.484. The number of ether oxygens (including phenoxy) is 2. The minimum Gasteiger partial charge on any atom is -0.508 e. The van der Waals surface area contributed by atoms with E-state index in [0.29, 0.717) is 17.5 Å². The molecular weight excluding hydrogens is 526 g/mol. The van der Waals surface area contributed by atoms with E-state index in [0.717, 1.165) is 17.5 Å². The lowest BCUT2D eigenvalue weighted by Gasteiger charge is -2.35. The van der Waals surface area contributed by atoms with Gasteiger partial charge in [0.25, 0.3) is 0 Å². The average molecular weight is 570 g/mol. The van der Waals surface area contributed by atoms with Gasteiger partial charge >= 0.3 is 12.1 Å². The van der Waals surface area contributed by atoms with Gasteiger partial charge in [0.1, 0.15) is 30.0 Å². The van der Waals surface area contributed by atoms with Crippen LogP contribution < -0.4 is 10.6 Å². The van der Waals surface area contributed by atoms with Crippen molar-refractivity contribution in [2.75, 3.05) is 20.2 Å². The van der Waals surface area contributed by atoms with Crippen LogP contribution in [-0.4, -0.2) is 65.7 Å². The number of amides is 3. The number of hydrogen-bond donors (Lipinski definition) is 3. The molecule has 41 heavy (non-hydrogen) atoms. The van der Waals surface area contributed by atoms with Crippen molar-refractivity contribution in [3.63, 3.8) is 0 Å². The molecule has 10 heteroatoms. The quantitative estimate of drug-likeness (QED) is 0.328. The average Bonchev–Trinajstić information content (AvgIpc) is 2.89. The fourth-order valence-electron chi connectivity index (χ4n) is 4.32. The molecule has 3 N–H and O–H groups in total. The summed E-state index contributed by atoms with van der Waals surface area (Å²) in [4.78, 5) is 54.2. The number of aryl methyl sites for hydroxylation is 2. The highest BCUT2D eigenvalue weighted by molar-refractivity contribution is 5.93. The van der Waals surface area contributed by atoms with Crippen LogP contribution in [0.2, 0.25) is 0 Å². The molecule has 224 valence electrons. The van der Waals surface area contributed by atoms with Crippen LogP contribution in [0.5, 0.6) is 5.75 Å². The molecule has 0 aliphatic rings. The van der Waals surface area contributed by atoms with E-state index in [1.807, 2.05) is 32.9 Å². The zero-order chi connectivity index (χ0) is 30.7. The van der Waals surface area contributed by atoms with Gasteiger partial charge in [-0.3, -0.25) is 14.4 Å². The van der Waals surface area contributed by atoms with E-state index in [2.05, 4.69) is 15.4 Å². The maximum Gasteiger partial charge on any atom is 0.408 e. The number of unbranched alkanes of at least 4 members (excludes halogenated alkanes) is 1. The van der Waals surface area contributed by atoms with E-state index in [9.17, 15) is 24.3 Å². The van der Waals surface area contributed by atoms with E-state index < -0.39 is 41.6 Å². The molecule has 0 saturated heterocycles. The number of methoxy groups -OCH3 is 1. The summed E-state index contributed by atoms with van der Waals surface area (Å²) in [6.07, 6.45) is 0.651. The summed E-state index contributed by atoms with van der Waals surface area (Å²) in [5.41, 5.74) is 2.28. The standard InChI is InChI=1S/C31H43N3O7/c1-8-9-16-34(27(28(37)32-19-26(36)40-7)24-15-10-20(2)17-21(24)3)29(38)25(33-30(39)41-31(4,5)6)18-22-11-13-23(35)14-12-22/h10-15,17,25,27,35H,8-9,16,18-19H2,1-7H3,(H,32,37)(H,33,39). The van der Waals surface area contributed by atoms with Gasteiger partial charge in [0.15, 0.2) is 0 Å². The largest absolute Gasteiger partial charge is 0.508 e. The SMILES string of the molecule is CCCCN(C(=O)C(Cc1ccc(O)cc1)NC(=O)OC(C)(C)C)C(C(=O)NCC(=O)OC)c1ccc(C)cc1C. The van der Waals surface area contributed by atoms with Crippen molar-refractivity contribution in [1.29, 1.82) is 0 Å². The Bertz CT molecular complexity index is 1210. The first kappa shape index (κ1) is 33.1. The smallest absolute Gasteiger partial charge is 0.408 e. The highest BCUT2D eigenvalue weighted by Gasteiger charge is 2.37. The predicted octanol–water partition coefficient (Wildman–Crippen LogP) is 4.10. The molecule has 10 nitrogen and oxygen atoms in total. The van der Waals surface area contributed by atoms with Gasteiger partial charge in [-0.1, -0.05) is 49.2 Å². The number of carbonyl (C=O) groups excluding carboxylic acids is 4. The van der Waals surface area contributed by atoms with E-state index in [4.69, 9.17) is 4.74 Å². The van der Waals surface area contributed by atoms with Crippen LogP contribution in [0.1, 0.15) is 68.8 Å². The number of phenols is 1. The third-order valence-corrected chi connectivity index (χ3v) is 6.32. The number of phenolic OH excluding ortho intramolecular Hbond substituents is 1. The number of aromatic hydroxyl groups is 1. The number of nitrogens with one attached hydrogen (secondary N) is 2. The molecular formula is C31H43N3O7. The molecule has 0 spiro atoms. The van der Waals surface area contributed by atoms with Gasteiger partial charge in [0, 0.05) is 13.0 Å². The topological polar surface area (TPSA) is 134 Å². The number of esters is 1. The van der Waals surface area contributed by atoms with Gasteiger partial charge in [0.2, 0.25) is 11.8 Å². The number of rotatable bonds is 12. The Kier molecular flexibility index (Phi) is 12.2. The second kappa shape index (κ2) is 15.1. The molecule has 3 amide bonds. The Balaban J connectivity index is 2.59. The molecule has 0 aromatic heterocycles. The van der Waals surface area contributed by atoms with Crippen LogP contribution in [0.4, 0.5) is 4.79 Å². The molecule has 0 bridgehead atoms.